The van der Waals surface area contributed by atoms with Crippen LogP contribution in [0, 0.1) is 15.9 Å². The number of rotatable bonds is 4. The fourth-order valence-electron chi connectivity index (χ4n) is 1.65. The smallest absolute Gasteiger partial charge is 0.292 e. The van der Waals surface area contributed by atoms with Gasteiger partial charge in [0.2, 0.25) is 0 Å². The van der Waals surface area contributed by atoms with Gasteiger partial charge in [-0.15, -0.1) is 0 Å². The lowest BCUT2D eigenvalue weighted by Crippen LogP contribution is -2.03. The molecule has 0 radical (unpaired) electrons. The molecule has 0 saturated heterocycles. The van der Waals surface area contributed by atoms with Crippen molar-refractivity contribution in [2.24, 2.45) is 0 Å². The van der Waals surface area contributed by atoms with E-state index in [1.165, 1.54) is 30.3 Å². The molecular weight excluding hydrogens is 249 g/mol. The maximum absolute atomic E-state index is 12.7. The van der Waals surface area contributed by atoms with Crippen LogP contribution in [0.4, 0.5) is 21.5 Å². The van der Waals surface area contributed by atoms with Crippen molar-refractivity contribution in [1.29, 1.82) is 0 Å². The van der Waals surface area contributed by atoms with Crippen LogP contribution in [-0.4, -0.2) is 4.92 Å². The highest BCUT2D eigenvalue weighted by Crippen LogP contribution is 2.26. The van der Waals surface area contributed by atoms with Crippen LogP contribution >= 0.6 is 0 Å². The highest BCUT2D eigenvalue weighted by atomic mass is 19.1. The minimum atomic E-state index is -0.480. The highest BCUT2D eigenvalue weighted by molar-refractivity contribution is 5.67. The minimum Gasteiger partial charge on any atom is -0.399 e. The molecule has 98 valence electrons. The van der Waals surface area contributed by atoms with Gasteiger partial charge in [0.1, 0.15) is 11.5 Å². The number of nitrogen functional groups attached to an aromatic ring is 1. The van der Waals surface area contributed by atoms with Crippen LogP contribution in [-0.2, 0) is 6.54 Å². The molecule has 0 saturated carbocycles. The number of hydrogen-bond acceptors (Lipinski definition) is 4. The normalized spacial score (nSPS) is 10.2. The second-order valence-electron chi connectivity index (χ2n) is 4.01. The van der Waals surface area contributed by atoms with E-state index < -0.39 is 4.92 Å². The van der Waals surface area contributed by atoms with Gasteiger partial charge in [-0.1, -0.05) is 12.1 Å². The van der Waals surface area contributed by atoms with Crippen LogP contribution in [0.25, 0.3) is 0 Å². The summed E-state index contributed by atoms with van der Waals surface area (Å²) in [5.41, 5.74) is 7.16. The van der Waals surface area contributed by atoms with E-state index >= 15 is 0 Å². The van der Waals surface area contributed by atoms with Gasteiger partial charge in [0, 0.05) is 18.3 Å². The van der Waals surface area contributed by atoms with Gasteiger partial charge in [-0.3, -0.25) is 10.1 Å². The van der Waals surface area contributed by atoms with Crippen LogP contribution in [0.1, 0.15) is 5.56 Å². The largest absolute Gasteiger partial charge is 0.399 e. The van der Waals surface area contributed by atoms with Gasteiger partial charge in [-0.25, -0.2) is 4.39 Å². The second-order valence-corrected chi connectivity index (χ2v) is 4.01. The van der Waals surface area contributed by atoms with Crippen LogP contribution in [0.5, 0.6) is 0 Å². The number of halogens is 1. The topological polar surface area (TPSA) is 81.2 Å². The Balaban J connectivity index is 2.16. The molecule has 6 heteroatoms. The fourth-order valence-corrected chi connectivity index (χ4v) is 1.65. The van der Waals surface area contributed by atoms with E-state index in [0.717, 1.165) is 5.56 Å². The van der Waals surface area contributed by atoms with Gasteiger partial charge in [0.15, 0.2) is 0 Å². The van der Waals surface area contributed by atoms with Crippen molar-refractivity contribution in [2.75, 3.05) is 11.1 Å². The van der Waals surface area contributed by atoms with Crippen molar-refractivity contribution >= 4 is 17.1 Å². The number of nitro groups is 1. The third kappa shape index (κ3) is 3.19. The standard InChI is InChI=1S/C13H12FN3O2/c14-10-3-1-9(2-4-10)8-16-12-7-11(15)5-6-13(12)17(18)19/h1-7,16H,8,15H2. The van der Waals surface area contributed by atoms with E-state index in [1.807, 2.05) is 0 Å². The van der Waals surface area contributed by atoms with Crippen molar-refractivity contribution in [2.45, 2.75) is 6.54 Å². The van der Waals surface area contributed by atoms with Gasteiger partial charge in [0.05, 0.1) is 4.92 Å². The number of hydrogen-bond donors (Lipinski definition) is 2. The van der Waals surface area contributed by atoms with E-state index in [4.69, 9.17) is 5.73 Å². The molecule has 0 aliphatic heterocycles. The van der Waals surface area contributed by atoms with Crippen LogP contribution in [0.3, 0.4) is 0 Å². The molecule has 0 bridgehead atoms. The Bertz CT molecular complexity index is 599. The molecule has 0 aliphatic rings. The van der Waals surface area contributed by atoms with E-state index in [-0.39, 0.29) is 11.5 Å². The number of benzene rings is 2. The number of nitro benzene ring substituents is 1. The van der Waals surface area contributed by atoms with E-state index in [0.29, 0.717) is 17.9 Å². The average molecular weight is 261 g/mol. The Morgan fingerprint density at radius 3 is 2.53 bits per heavy atom. The molecule has 0 heterocycles. The molecule has 0 unspecified atom stereocenters. The maximum atomic E-state index is 12.7. The van der Waals surface area contributed by atoms with Crippen LogP contribution in [0.15, 0.2) is 42.5 Å². The highest BCUT2D eigenvalue weighted by Gasteiger charge is 2.13. The SMILES string of the molecule is Nc1ccc([N+](=O)[O-])c(NCc2ccc(F)cc2)c1. The molecule has 0 aliphatic carbocycles. The van der Waals surface area contributed by atoms with Gasteiger partial charge in [-0.2, -0.15) is 0 Å². The summed E-state index contributed by atoms with van der Waals surface area (Å²) < 4.78 is 12.7. The molecule has 0 atom stereocenters. The van der Waals surface area contributed by atoms with Gasteiger partial charge in [0.25, 0.3) is 5.69 Å². The van der Waals surface area contributed by atoms with Crippen LogP contribution in [0.2, 0.25) is 0 Å². The van der Waals surface area contributed by atoms with Crippen molar-refractivity contribution in [1.82, 2.24) is 0 Å². The van der Waals surface area contributed by atoms with E-state index in [1.54, 1.807) is 12.1 Å². The Labute approximate surface area is 109 Å². The van der Waals surface area contributed by atoms with Crippen molar-refractivity contribution < 1.29 is 9.31 Å². The molecule has 2 aromatic carbocycles. The summed E-state index contributed by atoms with van der Waals surface area (Å²) in [5.74, 6) is -0.321. The summed E-state index contributed by atoms with van der Waals surface area (Å²) in [7, 11) is 0. The first-order valence-electron chi connectivity index (χ1n) is 5.58. The summed E-state index contributed by atoms with van der Waals surface area (Å²) in [4.78, 5) is 10.4. The third-order valence-electron chi connectivity index (χ3n) is 2.61. The Morgan fingerprint density at radius 1 is 1.21 bits per heavy atom. The third-order valence-corrected chi connectivity index (χ3v) is 2.61. The molecule has 2 rings (SSSR count). The predicted molar refractivity (Wildman–Crippen MR) is 71.2 cm³/mol. The second kappa shape index (κ2) is 5.34. The lowest BCUT2D eigenvalue weighted by molar-refractivity contribution is -0.383. The lowest BCUT2D eigenvalue weighted by Gasteiger charge is -2.08. The predicted octanol–water partition coefficient (Wildman–Crippen LogP) is 2.93. The molecule has 19 heavy (non-hydrogen) atoms. The van der Waals surface area contributed by atoms with Crippen molar-refractivity contribution in [3.63, 3.8) is 0 Å². The maximum Gasteiger partial charge on any atom is 0.292 e. The number of anilines is 2. The number of nitrogens with zero attached hydrogens (tertiary/aromatic N) is 1. The van der Waals surface area contributed by atoms with Crippen molar-refractivity contribution in [3.05, 3.63) is 64.0 Å². The Morgan fingerprint density at radius 2 is 1.89 bits per heavy atom. The first-order chi connectivity index (χ1) is 9.06. The zero-order valence-corrected chi connectivity index (χ0v) is 9.97. The molecule has 2 aromatic rings. The quantitative estimate of drug-likeness (QED) is 0.503. The summed E-state index contributed by atoms with van der Waals surface area (Å²) >= 11 is 0. The summed E-state index contributed by atoms with van der Waals surface area (Å²) in [6.07, 6.45) is 0. The zero-order chi connectivity index (χ0) is 13.8. The number of nitrogens with two attached hydrogens (primary N) is 1. The van der Waals surface area contributed by atoms with Crippen LogP contribution < -0.4 is 11.1 Å². The molecule has 5 nitrogen and oxygen atoms in total. The summed E-state index contributed by atoms with van der Waals surface area (Å²) in [6, 6.07) is 10.2. The molecule has 3 N–H and O–H groups in total. The first-order valence-corrected chi connectivity index (χ1v) is 5.58. The Kier molecular flexibility index (Phi) is 3.61. The van der Waals surface area contributed by atoms with Crippen molar-refractivity contribution in [3.8, 4) is 0 Å². The van der Waals surface area contributed by atoms with Gasteiger partial charge >= 0.3 is 0 Å². The van der Waals surface area contributed by atoms with Gasteiger partial charge < -0.3 is 11.1 Å². The molecule has 0 spiro atoms. The summed E-state index contributed by atoms with van der Waals surface area (Å²) in [6.45, 7) is 0.352. The van der Waals surface area contributed by atoms with Gasteiger partial charge in [-0.05, 0) is 29.8 Å². The molecular formula is C13H12FN3O2. The lowest BCUT2D eigenvalue weighted by atomic mass is 10.2. The summed E-state index contributed by atoms with van der Waals surface area (Å²) in [5, 5.41) is 13.8. The number of nitrogens with one attached hydrogen (secondary N) is 1. The monoisotopic (exact) mass is 261 g/mol. The zero-order valence-electron chi connectivity index (χ0n) is 9.97. The minimum absolute atomic E-state index is 0.0451. The average Bonchev–Trinajstić information content (AvgIpc) is 2.38. The van der Waals surface area contributed by atoms with E-state index in [9.17, 15) is 14.5 Å². The Hall–Kier alpha value is -2.63. The fraction of sp³-hybridized carbons (Fsp3) is 0.0769. The van der Waals surface area contributed by atoms with E-state index in [2.05, 4.69) is 5.32 Å². The molecule has 0 fully saturated rings. The first kappa shape index (κ1) is 12.8. The molecule has 0 amide bonds. The molecule has 0 aromatic heterocycles.